The minimum Gasteiger partial charge on any atom is -0.469 e. The first kappa shape index (κ1) is 27.3. The molecule has 5 aliphatic carbocycles. The van der Waals surface area contributed by atoms with E-state index in [2.05, 4.69) is 48.1 Å². The van der Waals surface area contributed by atoms with Gasteiger partial charge in [-0.05, 0) is 117 Å². The normalized spacial score (nSPS) is 50.1. The summed E-state index contributed by atoms with van der Waals surface area (Å²) in [4.78, 5) is 25.3. The van der Waals surface area contributed by atoms with Crippen LogP contribution in [0.3, 0.4) is 0 Å². The highest BCUT2D eigenvalue weighted by Gasteiger charge is 2.72. The maximum atomic E-state index is 13.4. The van der Waals surface area contributed by atoms with Crippen LogP contribution in [0.1, 0.15) is 113 Å². The molecule has 0 unspecified atom stereocenters. The van der Waals surface area contributed by atoms with Crippen LogP contribution in [-0.4, -0.2) is 25.2 Å². The predicted molar refractivity (Wildman–Crippen MR) is 147 cm³/mol. The van der Waals surface area contributed by atoms with E-state index in [-0.39, 0.29) is 45.1 Å². The van der Waals surface area contributed by atoms with Gasteiger partial charge in [-0.25, -0.2) is 0 Å². The Labute approximate surface area is 225 Å². The quantitative estimate of drug-likeness (QED) is 0.286. The minimum absolute atomic E-state index is 0.0130. The van der Waals surface area contributed by atoms with Crippen molar-refractivity contribution in [3.63, 3.8) is 0 Å². The van der Waals surface area contributed by atoms with E-state index in [1.807, 2.05) is 0 Å². The lowest BCUT2D eigenvalue weighted by atomic mass is 9.32. The van der Waals surface area contributed by atoms with Gasteiger partial charge in [0.25, 0.3) is 0 Å². The molecule has 4 nitrogen and oxygen atoms in total. The lowest BCUT2D eigenvalue weighted by Crippen LogP contribution is -2.67. The Hall–Kier alpha value is -1.32. The van der Waals surface area contributed by atoms with Crippen molar-refractivity contribution in [1.29, 1.82) is 0 Å². The number of carbonyl (C=O) groups excluding carboxylic acids is 2. The highest BCUT2D eigenvalue weighted by atomic mass is 16.5. The summed E-state index contributed by atoms with van der Waals surface area (Å²) in [5, 5.41) is 0. The van der Waals surface area contributed by atoms with E-state index in [4.69, 9.17) is 9.47 Å². The van der Waals surface area contributed by atoms with Crippen LogP contribution < -0.4 is 0 Å². The van der Waals surface area contributed by atoms with Gasteiger partial charge in [0.2, 0.25) is 0 Å². The SMILES string of the molecule is C=C(C)[C@H]1CC[C@@]2(C(=O)OC)CC[C@]3(C)[C@H](CC[C@H]4[C@@]5(C)CC[C@@H](OC(C)=O)C(C)(C)[C@H]5CC[C@@]43C)[C@@H]12. The van der Waals surface area contributed by atoms with E-state index >= 15 is 0 Å². The Morgan fingerprint density at radius 1 is 0.784 bits per heavy atom. The highest BCUT2D eigenvalue weighted by molar-refractivity contribution is 5.78. The molecule has 5 rings (SSSR count). The Morgan fingerprint density at radius 2 is 1.49 bits per heavy atom. The number of fused-ring (bicyclic) bond motifs is 7. The second kappa shape index (κ2) is 8.59. The molecule has 5 fully saturated rings. The number of methoxy groups -OCH3 is 1. The van der Waals surface area contributed by atoms with Crippen LogP contribution in [0.25, 0.3) is 0 Å². The second-order valence-electron chi connectivity index (χ2n) is 15.3. The van der Waals surface area contributed by atoms with Crippen LogP contribution >= 0.6 is 0 Å². The fourth-order valence-corrected chi connectivity index (χ4v) is 12.1. The molecule has 0 amide bonds. The zero-order chi connectivity index (χ0) is 27.2. The maximum absolute atomic E-state index is 13.4. The van der Waals surface area contributed by atoms with E-state index in [1.165, 1.54) is 31.3 Å². The molecule has 0 spiro atoms. The van der Waals surface area contributed by atoms with Crippen molar-refractivity contribution >= 4 is 11.9 Å². The van der Waals surface area contributed by atoms with Gasteiger partial charge in [-0.15, -0.1) is 0 Å². The molecular weight excluding hydrogens is 460 g/mol. The summed E-state index contributed by atoms with van der Waals surface area (Å²) in [6.45, 7) is 20.7. The fraction of sp³-hybridized carbons (Fsp3) is 0.879. The lowest BCUT2D eigenvalue weighted by molar-refractivity contribution is -0.250. The van der Waals surface area contributed by atoms with Crippen molar-refractivity contribution in [3.8, 4) is 0 Å². The van der Waals surface area contributed by atoms with Crippen LogP contribution in [-0.2, 0) is 19.1 Å². The number of allylic oxidation sites excluding steroid dienone is 1. The van der Waals surface area contributed by atoms with Gasteiger partial charge in [0.1, 0.15) is 6.10 Å². The number of ether oxygens (including phenoxy) is 2. The summed E-state index contributed by atoms with van der Waals surface area (Å²) in [7, 11) is 1.59. The van der Waals surface area contributed by atoms with E-state index < -0.39 is 0 Å². The van der Waals surface area contributed by atoms with Crippen molar-refractivity contribution in [1.82, 2.24) is 0 Å². The number of esters is 2. The molecule has 208 valence electrons. The standard InChI is InChI=1S/C33H52O4/c1-20(2)22-12-17-33(28(35)36-9)19-18-31(7)23(27(22)33)10-11-25-30(6)15-14-26(37-21(3)34)29(4,5)24(30)13-16-32(25,31)8/h22-27H,1,10-19H2,2-9H3/t22-,23-,24-,25+,26-,27-,30+,31-,32+,33-/m1/s1. The first-order valence-electron chi connectivity index (χ1n) is 15.1. The Kier molecular flexibility index (Phi) is 6.33. The number of hydrogen-bond acceptors (Lipinski definition) is 4. The number of rotatable bonds is 3. The second-order valence-corrected chi connectivity index (χ2v) is 15.3. The maximum Gasteiger partial charge on any atom is 0.312 e. The van der Waals surface area contributed by atoms with Crippen LogP contribution in [0.2, 0.25) is 0 Å². The van der Waals surface area contributed by atoms with Crippen molar-refractivity contribution in [2.75, 3.05) is 7.11 Å². The monoisotopic (exact) mass is 512 g/mol. The van der Waals surface area contributed by atoms with Gasteiger partial charge in [0.15, 0.2) is 0 Å². The summed E-state index contributed by atoms with van der Waals surface area (Å²) in [6, 6.07) is 0. The average molecular weight is 513 g/mol. The summed E-state index contributed by atoms with van der Waals surface area (Å²) in [6.07, 6.45) is 11.1. The van der Waals surface area contributed by atoms with Gasteiger partial charge in [-0.2, -0.15) is 0 Å². The van der Waals surface area contributed by atoms with Crippen LogP contribution in [0.5, 0.6) is 0 Å². The molecular formula is C33H52O4. The largest absolute Gasteiger partial charge is 0.469 e. The van der Waals surface area contributed by atoms with E-state index in [1.54, 1.807) is 14.0 Å². The molecule has 5 saturated carbocycles. The summed E-state index contributed by atoms with van der Waals surface area (Å²) < 4.78 is 11.4. The number of hydrogen-bond donors (Lipinski definition) is 0. The zero-order valence-electron chi connectivity index (χ0n) is 24.9. The molecule has 0 N–H and O–H groups in total. The molecule has 37 heavy (non-hydrogen) atoms. The molecule has 5 aliphatic rings. The lowest BCUT2D eigenvalue weighted by Gasteiger charge is -2.72. The first-order valence-corrected chi connectivity index (χ1v) is 15.1. The van der Waals surface area contributed by atoms with Crippen LogP contribution in [0, 0.1) is 56.7 Å². The topological polar surface area (TPSA) is 52.6 Å². The van der Waals surface area contributed by atoms with Gasteiger partial charge >= 0.3 is 11.9 Å². The van der Waals surface area contributed by atoms with Crippen molar-refractivity contribution < 1.29 is 19.1 Å². The smallest absolute Gasteiger partial charge is 0.312 e. The summed E-state index contributed by atoms with van der Waals surface area (Å²) in [5.74, 6) is 2.43. The van der Waals surface area contributed by atoms with Crippen LogP contribution in [0.15, 0.2) is 12.2 Å². The summed E-state index contributed by atoms with van der Waals surface area (Å²) in [5.41, 5.74) is 1.63. The summed E-state index contributed by atoms with van der Waals surface area (Å²) >= 11 is 0. The molecule has 0 aromatic heterocycles. The molecule has 0 aliphatic heterocycles. The average Bonchev–Trinajstić information content (AvgIpc) is 3.22. The van der Waals surface area contributed by atoms with Crippen LogP contribution in [0.4, 0.5) is 0 Å². The minimum atomic E-state index is -0.322. The van der Waals surface area contributed by atoms with Crippen molar-refractivity contribution in [2.45, 2.75) is 119 Å². The van der Waals surface area contributed by atoms with E-state index in [0.717, 1.165) is 38.5 Å². The molecule has 0 heterocycles. The third-order valence-corrected chi connectivity index (χ3v) is 13.9. The molecule has 0 saturated heterocycles. The third kappa shape index (κ3) is 3.45. The van der Waals surface area contributed by atoms with E-state index in [9.17, 15) is 9.59 Å². The van der Waals surface area contributed by atoms with Gasteiger partial charge < -0.3 is 9.47 Å². The Morgan fingerprint density at radius 3 is 2.11 bits per heavy atom. The first-order chi connectivity index (χ1) is 17.2. The van der Waals surface area contributed by atoms with Crippen molar-refractivity contribution in [3.05, 3.63) is 12.2 Å². The van der Waals surface area contributed by atoms with Gasteiger partial charge in [-0.1, -0.05) is 46.8 Å². The Bertz CT molecular complexity index is 983. The molecule has 0 bridgehead atoms. The third-order valence-electron chi connectivity index (χ3n) is 13.9. The molecule has 0 radical (unpaired) electrons. The molecule has 0 aromatic rings. The molecule has 10 atom stereocenters. The molecule has 4 heteroatoms. The highest BCUT2D eigenvalue weighted by Crippen LogP contribution is 2.77. The zero-order valence-corrected chi connectivity index (χ0v) is 24.9. The van der Waals surface area contributed by atoms with E-state index in [0.29, 0.717) is 29.6 Å². The van der Waals surface area contributed by atoms with Gasteiger partial charge in [0.05, 0.1) is 12.5 Å². The Balaban J connectivity index is 1.52. The number of carbonyl (C=O) groups is 2. The van der Waals surface area contributed by atoms with Crippen molar-refractivity contribution in [2.24, 2.45) is 56.7 Å². The predicted octanol–water partition coefficient (Wildman–Crippen LogP) is 7.75. The fourth-order valence-electron chi connectivity index (χ4n) is 12.1. The van der Waals surface area contributed by atoms with Gasteiger partial charge in [0, 0.05) is 12.3 Å². The molecule has 0 aromatic carbocycles. The van der Waals surface area contributed by atoms with Gasteiger partial charge in [-0.3, -0.25) is 9.59 Å².